The minimum Gasteiger partial charge on any atom is -0.452 e. The summed E-state index contributed by atoms with van der Waals surface area (Å²) in [7, 11) is 1.84. The largest absolute Gasteiger partial charge is 0.452 e. The van der Waals surface area contributed by atoms with E-state index in [0.29, 0.717) is 11.4 Å². The molecule has 0 aliphatic heterocycles. The Kier molecular flexibility index (Phi) is 11.1. The molecular formula is C23H33N3O5S. The maximum atomic E-state index is 12.6. The predicted octanol–water partition coefficient (Wildman–Crippen LogP) is 3.35. The minimum absolute atomic E-state index is 0.0264. The van der Waals surface area contributed by atoms with Gasteiger partial charge in [0.2, 0.25) is 5.91 Å². The lowest BCUT2D eigenvalue weighted by atomic mass is 9.94. The number of benzene rings is 1. The highest BCUT2D eigenvalue weighted by molar-refractivity contribution is 8.00. The van der Waals surface area contributed by atoms with Crippen LogP contribution in [0.15, 0.2) is 29.2 Å². The first-order valence-corrected chi connectivity index (χ1v) is 12.1. The average molecular weight is 464 g/mol. The van der Waals surface area contributed by atoms with Gasteiger partial charge in [0.1, 0.15) is 0 Å². The molecule has 2 rings (SSSR count). The Hall–Kier alpha value is -2.55. The van der Waals surface area contributed by atoms with E-state index in [-0.39, 0.29) is 23.3 Å². The first kappa shape index (κ1) is 25.7. The number of esters is 1. The van der Waals surface area contributed by atoms with Crippen molar-refractivity contribution in [2.45, 2.75) is 62.8 Å². The number of carbonyl (C=O) groups is 4. The normalized spacial score (nSPS) is 13.8. The van der Waals surface area contributed by atoms with Gasteiger partial charge in [0, 0.05) is 24.5 Å². The number of nitrogens with one attached hydrogen (secondary N) is 2. The molecule has 8 nitrogen and oxygen atoms in total. The number of urea groups is 1. The fourth-order valence-electron chi connectivity index (χ4n) is 3.47. The number of hydrogen-bond donors (Lipinski definition) is 2. The molecule has 9 heteroatoms. The van der Waals surface area contributed by atoms with Crippen LogP contribution in [0.25, 0.3) is 0 Å². The van der Waals surface area contributed by atoms with E-state index in [1.807, 2.05) is 18.9 Å². The summed E-state index contributed by atoms with van der Waals surface area (Å²) < 4.78 is 5.07. The summed E-state index contributed by atoms with van der Waals surface area (Å²) in [4.78, 5) is 51.0. The molecule has 0 spiro atoms. The first-order chi connectivity index (χ1) is 15.4. The highest BCUT2D eigenvalue weighted by atomic mass is 32.2. The van der Waals surface area contributed by atoms with Gasteiger partial charge in [0.25, 0.3) is 5.91 Å². The molecule has 4 amide bonds. The fraction of sp³-hybridized carbons (Fsp3) is 0.565. The Morgan fingerprint density at radius 1 is 1.12 bits per heavy atom. The van der Waals surface area contributed by atoms with Gasteiger partial charge < -0.3 is 15.0 Å². The molecule has 1 aromatic rings. The minimum atomic E-state index is -0.707. The molecule has 0 heterocycles. The van der Waals surface area contributed by atoms with Gasteiger partial charge in [-0.2, -0.15) is 0 Å². The zero-order chi connectivity index (χ0) is 23.3. The van der Waals surface area contributed by atoms with E-state index in [1.165, 1.54) is 18.2 Å². The molecule has 1 saturated carbocycles. The van der Waals surface area contributed by atoms with Crippen LogP contribution in [-0.4, -0.2) is 60.7 Å². The van der Waals surface area contributed by atoms with Gasteiger partial charge in [-0.25, -0.2) is 9.59 Å². The van der Waals surface area contributed by atoms with Crippen LogP contribution in [0.5, 0.6) is 0 Å². The summed E-state index contributed by atoms with van der Waals surface area (Å²) in [6.07, 6.45) is 7.33. The Bertz CT molecular complexity index is 796. The van der Waals surface area contributed by atoms with Gasteiger partial charge in [0.15, 0.2) is 6.61 Å². The van der Waals surface area contributed by atoms with Crippen LogP contribution in [0.1, 0.15) is 62.2 Å². The number of hydrogen-bond acceptors (Lipinski definition) is 6. The average Bonchev–Trinajstić information content (AvgIpc) is 2.81. The molecule has 0 bridgehead atoms. The second-order valence-electron chi connectivity index (χ2n) is 7.82. The Morgan fingerprint density at radius 2 is 1.84 bits per heavy atom. The third-order valence-corrected chi connectivity index (χ3v) is 6.44. The van der Waals surface area contributed by atoms with Crippen LogP contribution in [-0.2, 0) is 14.3 Å². The number of imide groups is 1. The van der Waals surface area contributed by atoms with Crippen molar-refractivity contribution in [3.63, 3.8) is 0 Å². The maximum Gasteiger partial charge on any atom is 0.339 e. The zero-order valence-corrected chi connectivity index (χ0v) is 19.7. The second-order valence-corrected chi connectivity index (χ2v) is 8.83. The third kappa shape index (κ3) is 8.53. The molecule has 32 heavy (non-hydrogen) atoms. The van der Waals surface area contributed by atoms with Crippen LogP contribution in [0.3, 0.4) is 0 Å². The van der Waals surface area contributed by atoms with Crippen molar-refractivity contribution in [3.8, 4) is 0 Å². The fourth-order valence-corrected chi connectivity index (χ4v) is 4.43. The molecule has 0 aromatic heterocycles. The number of nitrogens with zero attached hydrogens (tertiary/aromatic N) is 1. The Labute approximate surface area is 193 Å². The topological polar surface area (TPSA) is 105 Å². The molecule has 1 fully saturated rings. The summed E-state index contributed by atoms with van der Waals surface area (Å²) in [6, 6.07) is 6.48. The maximum absolute atomic E-state index is 12.6. The molecular weight excluding hydrogens is 430 g/mol. The molecule has 0 unspecified atom stereocenters. The number of ether oxygens (including phenoxy) is 1. The highest BCUT2D eigenvalue weighted by Crippen LogP contribution is 2.26. The smallest absolute Gasteiger partial charge is 0.339 e. The molecule has 0 radical (unpaired) electrons. The summed E-state index contributed by atoms with van der Waals surface area (Å²) >= 11 is 1.28. The molecule has 0 atom stereocenters. The van der Waals surface area contributed by atoms with Gasteiger partial charge in [-0.05, 0) is 31.4 Å². The van der Waals surface area contributed by atoms with Gasteiger partial charge in [0.05, 0.1) is 11.3 Å². The number of rotatable bonds is 10. The van der Waals surface area contributed by atoms with E-state index in [9.17, 15) is 19.2 Å². The van der Waals surface area contributed by atoms with E-state index >= 15 is 0 Å². The lowest BCUT2D eigenvalue weighted by molar-refractivity contribution is -0.129. The third-order valence-electron chi connectivity index (χ3n) is 5.38. The predicted molar refractivity (Wildman–Crippen MR) is 124 cm³/mol. The first-order valence-electron chi connectivity index (χ1n) is 11.1. The Morgan fingerprint density at radius 3 is 2.56 bits per heavy atom. The van der Waals surface area contributed by atoms with Crippen molar-refractivity contribution in [1.29, 1.82) is 0 Å². The lowest BCUT2D eigenvalue weighted by Crippen LogP contribution is -2.41. The van der Waals surface area contributed by atoms with Crippen molar-refractivity contribution in [3.05, 3.63) is 29.8 Å². The van der Waals surface area contributed by atoms with Gasteiger partial charge in [-0.1, -0.05) is 44.7 Å². The number of amides is 4. The van der Waals surface area contributed by atoms with Crippen LogP contribution in [0.2, 0.25) is 0 Å². The monoisotopic (exact) mass is 463 g/mol. The standard InChI is InChI=1S/C23H33N3O5S/c1-3-4-14-24-23(30)25-20(27)15-31-22(29)18-12-8-9-13-19(18)32-16-21(28)26(2)17-10-6-5-7-11-17/h8-9,12-13,17H,3-7,10-11,14-16H2,1-2H3,(H2,24,25,27,30). The van der Waals surface area contributed by atoms with Crippen LogP contribution in [0, 0.1) is 0 Å². The van der Waals surface area contributed by atoms with Crippen LogP contribution < -0.4 is 10.6 Å². The summed E-state index contributed by atoms with van der Waals surface area (Å²) in [6.45, 7) is 1.89. The molecule has 0 saturated heterocycles. The van der Waals surface area contributed by atoms with Crippen molar-refractivity contribution in [1.82, 2.24) is 15.5 Å². The molecule has 176 valence electrons. The van der Waals surface area contributed by atoms with E-state index in [0.717, 1.165) is 38.5 Å². The van der Waals surface area contributed by atoms with Gasteiger partial charge in [-0.15, -0.1) is 11.8 Å². The number of carbonyl (C=O) groups excluding carboxylic acids is 4. The molecule has 1 aliphatic carbocycles. The SMILES string of the molecule is CCCCNC(=O)NC(=O)COC(=O)c1ccccc1SCC(=O)N(C)C1CCCCC1. The van der Waals surface area contributed by atoms with Crippen molar-refractivity contribution < 1.29 is 23.9 Å². The zero-order valence-electron chi connectivity index (χ0n) is 18.9. The van der Waals surface area contributed by atoms with Crippen molar-refractivity contribution in [2.75, 3.05) is 26.0 Å². The van der Waals surface area contributed by atoms with Gasteiger partial charge >= 0.3 is 12.0 Å². The van der Waals surface area contributed by atoms with Gasteiger partial charge in [-0.3, -0.25) is 14.9 Å². The Balaban J connectivity index is 1.83. The molecule has 1 aromatic carbocycles. The van der Waals surface area contributed by atoms with Crippen LogP contribution in [0.4, 0.5) is 4.79 Å². The molecule has 1 aliphatic rings. The second kappa shape index (κ2) is 13.8. The van der Waals surface area contributed by atoms with E-state index < -0.39 is 24.5 Å². The van der Waals surface area contributed by atoms with Crippen molar-refractivity contribution >= 4 is 35.6 Å². The van der Waals surface area contributed by atoms with Crippen molar-refractivity contribution in [2.24, 2.45) is 0 Å². The molecule has 2 N–H and O–H groups in total. The van der Waals surface area contributed by atoms with E-state index in [4.69, 9.17) is 4.74 Å². The van der Waals surface area contributed by atoms with E-state index in [2.05, 4.69) is 10.6 Å². The van der Waals surface area contributed by atoms with Crippen LogP contribution >= 0.6 is 11.8 Å². The highest BCUT2D eigenvalue weighted by Gasteiger charge is 2.23. The van der Waals surface area contributed by atoms with E-state index in [1.54, 1.807) is 24.3 Å². The number of unbranched alkanes of at least 4 members (excludes halogenated alkanes) is 1. The summed E-state index contributed by atoms with van der Waals surface area (Å²) in [5, 5.41) is 4.67. The summed E-state index contributed by atoms with van der Waals surface area (Å²) in [5.41, 5.74) is 0.283. The number of thioether (sulfide) groups is 1. The lowest BCUT2D eigenvalue weighted by Gasteiger charge is -2.31. The quantitative estimate of drug-likeness (QED) is 0.313. The summed E-state index contributed by atoms with van der Waals surface area (Å²) in [5.74, 6) is -1.14.